The molecule has 2 saturated heterocycles. The molecule has 27 heavy (non-hydrogen) atoms. The zero-order valence-electron chi connectivity index (χ0n) is 14.9. The highest BCUT2D eigenvalue weighted by Gasteiger charge is 2.43. The summed E-state index contributed by atoms with van der Waals surface area (Å²) in [5, 5.41) is 6.12. The van der Waals surface area contributed by atoms with Crippen LogP contribution in [0.25, 0.3) is 0 Å². The summed E-state index contributed by atoms with van der Waals surface area (Å²) in [6.45, 7) is 2.04. The number of nitrogens with one attached hydrogen (secondary N) is 2. The Balaban J connectivity index is 1.52. The lowest BCUT2D eigenvalue weighted by Crippen LogP contribution is -2.37. The van der Waals surface area contributed by atoms with Crippen LogP contribution in [0.15, 0.2) is 23.1 Å². The van der Waals surface area contributed by atoms with Gasteiger partial charge in [0.05, 0.1) is 18.2 Å². The van der Waals surface area contributed by atoms with Crippen molar-refractivity contribution in [3.8, 4) is 0 Å². The van der Waals surface area contributed by atoms with Crippen molar-refractivity contribution in [2.45, 2.75) is 42.7 Å². The second-order valence-corrected chi connectivity index (χ2v) is 9.02. The number of nitrogens with zero attached hydrogens (tertiary/aromatic N) is 1. The van der Waals surface area contributed by atoms with E-state index in [1.165, 1.54) is 18.2 Å². The van der Waals surface area contributed by atoms with E-state index in [2.05, 4.69) is 10.6 Å². The first-order chi connectivity index (χ1) is 13.0. The van der Waals surface area contributed by atoms with Crippen molar-refractivity contribution in [1.29, 1.82) is 0 Å². The van der Waals surface area contributed by atoms with Crippen LogP contribution in [0.1, 0.15) is 46.4 Å². The van der Waals surface area contributed by atoms with Gasteiger partial charge in [-0.25, -0.2) is 12.7 Å². The van der Waals surface area contributed by atoms with Gasteiger partial charge in [-0.05, 0) is 50.4 Å². The average molecular weight is 393 g/mol. The van der Waals surface area contributed by atoms with Gasteiger partial charge in [0, 0.05) is 24.8 Å². The van der Waals surface area contributed by atoms with Gasteiger partial charge < -0.3 is 15.4 Å². The molecular formula is C18H23N3O5S. The first-order valence-electron chi connectivity index (χ1n) is 9.31. The topological polar surface area (TPSA) is 105 Å². The van der Waals surface area contributed by atoms with E-state index >= 15 is 0 Å². The van der Waals surface area contributed by atoms with Crippen LogP contribution in [0.5, 0.6) is 0 Å². The molecule has 0 saturated carbocycles. The lowest BCUT2D eigenvalue weighted by atomic mass is 10.1. The first kappa shape index (κ1) is 18.4. The summed E-state index contributed by atoms with van der Waals surface area (Å²) < 4.78 is 32.0. The van der Waals surface area contributed by atoms with Gasteiger partial charge in [0.25, 0.3) is 21.8 Å². The summed E-state index contributed by atoms with van der Waals surface area (Å²) in [4.78, 5) is 24.9. The fourth-order valence-electron chi connectivity index (χ4n) is 3.82. The number of sulfonamides is 1. The van der Waals surface area contributed by atoms with Crippen molar-refractivity contribution in [2.75, 3.05) is 26.2 Å². The summed E-state index contributed by atoms with van der Waals surface area (Å²) in [6.07, 6.45) is 3.42. The third kappa shape index (κ3) is 3.46. The van der Waals surface area contributed by atoms with Crippen molar-refractivity contribution in [1.82, 2.24) is 14.9 Å². The Kier molecular flexibility index (Phi) is 4.92. The third-order valence-corrected chi connectivity index (χ3v) is 7.12. The van der Waals surface area contributed by atoms with Gasteiger partial charge in [-0.3, -0.25) is 9.59 Å². The molecule has 1 aromatic carbocycles. The molecule has 3 aliphatic heterocycles. The van der Waals surface area contributed by atoms with Gasteiger partial charge in [-0.1, -0.05) is 0 Å². The van der Waals surface area contributed by atoms with Gasteiger partial charge in [0.15, 0.2) is 0 Å². The van der Waals surface area contributed by atoms with Crippen molar-refractivity contribution >= 4 is 21.8 Å². The van der Waals surface area contributed by atoms with Gasteiger partial charge in [-0.15, -0.1) is 0 Å². The Morgan fingerprint density at radius 1 is 1.30 bits per heavy atom. The van der Waals surface area contributed by atoms with Crippen molar-refractivity contribution in [2.24, 2.45) is 0 Å². The minimum absolute atomic E-state index is 0.0186. The quantitative estimate of drug-likeness (QED) is 0.755. The number of hydrogen-bond donors (Lipinski definition) is 2. The van der Waals surface area contributed by atoms with E-state index in [0.29, 0.717) is 13.2 Å². The maximum Gasteiger partial charge on any atom is 0.269 e. The molecule has 4 rings (SSSR count). The highest BCUT2D eigenvalue weighted by molar-refractivity contribution is 7.90. The molecule has 8 nitrogen and oxygen atoms in total. The lowest BCUT2D eigenvalue weighted by Gasteiger charge is -2.18. The van der Waals surface area contributed by atoms with Crippen LogP contribution < -0.4 is 10.6 Å². The Hall–Kier alpha value is -1.97. The number of rotatable bonds is 5. The van der Waals surface area contributed by atoms with Crippen molar-refractivity contribution in [3.63, 3.8) is 0 Å². The molecule has 0 radical (unpaired) electrons. The second kappa shape index (κ2) is 7.21. The van der Waals surface area contributed by atoms with Gasteiger partial charge >= 0.3 is 0 Å². The maximum absolute atomic E-state index is 12.8. The molecule has 146 valence electrons. The molecule has 1 aromatic rings. The minimum atomic E-state index is -3.96. The van der Waals surface area contributed by atoms with Gasteiger partial charge in [0.1, 0.15) is 4.90 Å². The van der Waals surface area contributed by atoms with E-state index in [0.717, 1.165) is 36.5 Å². The van der Waals surface area contributed by atoms with E-state index in [-0.39, 0.29) is 40.6 Å². The van der Waals surface area contributed by atoms with Crippen molar-refractivity contribution < 1.29 is 22.7 Å². The zero-order valence-corrected chi connectivity index (χ0v) is 15.8. The average Bonchev–Trinajstić information content (AvgIpc) is 3.39. The van der Waals surface area contributed by atoms with Crippen LogP contribution in [0.3, 0.4) is 0 Å². The monoisotopic (exact) mass is 393 g/mol. The SMILES string of the molecule is O=C(NCC1CCCN1)c1ccc2c(c1)S(=O)(=O)N(CC1CCCO1)C2=O. The fraction of sp³-hybridized carbons (Fsp3) is 0.556. The van der Waals surface area contributed by atoms with E-state index < -0.39 is 15.9 Å². The molecule has 0 spiro atoms. The van der Waals surface area contributed by atoms with Crippen LogP contribution in [-0.2, 0) is 14.8 Å². The number of carbonyl (C=O) groups excluding carboxylic acids is 2. The van der Waals surface area contributed by atoms with Crippen LogP contribution in [0.2, 0.25) is 0 Å². The zero-order chi connectivity index (χ0) is 19.0. The van der Waals surface area contributed by atoms with Crippen molar-refractivity contribution in [3.05, 3.63) is 29.3 Å². The first-order valence-corrected chi connectivity index (χ1v) is 10.7. The van der Waals surface area contributed by atoms with Gasteiger partial charge in [0.2, 0.25) is 0 Å². The second-order valence-electron chi connectivity index (χ2n) is 7.19. The molecular weight excluding hydrogens is 370 g/mol. The van der Waals surface area contributed by atoms with Crippen LogP contribution in [0.4, 0.5) is 0 Å². The minimum Gasteiger partial charge on any atom is -0.376 e. The molecule has 3 heterocycles. The highest BCUT2D eigenvalue weighted by Crippen LogP contribution is 2.32. The number of ether oxygens (including phenoxy) is 1. The number of fused-ring (bicyclic) bond motifs is 1. The predicted octanol–water partition coefficient (Wildman–Crippen LogP) is 0.492. The standard InChI is InChI=1S/C18H23N3O5S/c22-17(20-10-13-3-1-7-19-13)12-5-6-15-16(9-12)27(24,25)21(18(15)23)11-14-4-2-8-26-14/h5-6,9,13-14,19H,1-4,7-8,10-11H2,(H,20,22). The number of amides is 2. The molecule has 2 N–H and O–H groups in total. The Morgan fingerprint density at radius 3 is 2.85 bits per heavy atom. The van der Waals surface area contributed by atoms with E-state index in [4.69, 9.17) is 4.74 Å². The molecule has 0 aliphatic carbocycles. The molecule has 0 aromatic heterocycles. The highest BCUT2D eigenvalue weighted by atomic mass is 32.2. The number of carbonyl (C=O) groups is 2. The maximum atomic E-state index is 12.8. The predicted molar refractivity (Wildman–Crippen MR) is 97.0 cm³/mol. The Labute approximate surface area is 158 Å². The summed E-state index contributed by atoms with van der Waals surface area (Å²) >= 11 is 0. The summed E-state index contributed by atoms with van der Waals surface area (Å²) in [7, 11) is -3.96. The summed E-state index contributed by atoms with van der Waals surface area (Å²) in [6, 6.07) is 4.47. The van der Waals surface area contributed by atoms with E-state index in [1.54, 1.807) is 0 Å². The molecule has 0 bridgehead atoms. The van der Waals surface area contributed by atoms with Crippen LogP contribution in [-0.4, -0.2) is 62.9 Å². The van der Waals surface area contributed by atoms with E-state index in [9.17, 15) is 18.0 Å². The molecule has 9 heteroatoms. The third-order valence-electron chi connectivity index (χ3n) is 5.33. The Morgan fingerprint density at radius 2 is 2.15 bits per heavy atom. The fourth-order valence-corrected chi connectivity index (χ4v) is 5.44. The van der Waals surface area contributed by atoms with E-state index in [1.807, 2.05) is 0 Å². The molecule has 2 fully saturated rings. The molecule has 2 amide bonds. The number of benzene rings is 1. The number of hydrogen-bond acceptors (Lipinski definition) is 6. The van der Waals surface area contributed by atoms with Crippen LogP contribution in [0, 0.1) is 0 Å². The lowest BCUT2D eigenvalue weighted by molar-refractivity contribution is 0.0707. The molecule has 2 unspecified atom stereocenters. The normalized spacial score (nSPS) is 26.4. The largest absolute Gasteiger partial charge is 0.376 e. The molecule has 3 aliphatic rings. The molecule has 2 atom stereocenters. The summed E-state index contributed by atoms with van der Waals surface area (Å²) in [5.74, 6) is -0.894. The Bertz CT molecular complexity index is 858. The van der Waals surface area contributed by atoms with Gasteiger partial charge in [-0.2, -0.15) is 0 Å². The van der Waals surface area contributed by atoms with Crippen LogP contribution >= 0.6 is 0 Å². The summed E-state index contributed by atoms with van der Waals surface area (Å²) in [5.41, 5.74) is 0.351. The smallest absolute Gasteiger partial charge is 0.269 e.